The summed E-state index contributed by atoms with van der Waals surface area (Å²) in [6.07, 6.45) is 2.64. The first-order valence-electron chi connectivity index (χ1n) is 2.48. The van der Waals surface area contributed by atoms with Gasteiger partial charge in [0.2, 0.25) is 0 Å². The summed E-state index contributed by atoms with van der Waals surface area (Å²) in [6, 6.07) is 0. The predicted octanol–water partition coefficient (Wildman–Crippen LogP) is 1.46. The molecule has 0 fully saturated rings. The SMILES string of the molecule is CCCC.O=[N+]([O-])O. The molecule has 0 aromatic rings. The zero-order chi connectivity index (χ0) is 6.99. The topological polar surface area (TPSA) is 63.4 Å². The molecule has 1 N–H and O–H groups in total. The summed E-state index contributed by atoms with van der Waals surface area (Å²) in [5.74, 6) is 0. The largest absolute Gasteiger partial charge is 0.328 e. The highest BCUT2D eigenvalue weighted by Crippen LogP contribution is 1.76. The van der Waals surface area contributed by atoms with Crippen molar-refractivity contribution in [1.29, 1.82) is 0 Å². The maximum Gasteiger partial charge on any atom is 0.291 e. The average Bonchev–Trinajstić information content (AvgIpc) is 1.65. The quantitative estimate of drug-likeness (QED) is 0.422. The van der Waals surface area contributed by atoms with Crippen LogP contribution in [0, 0.1) is 10.1 Å². The van der Waals surface area contributed by atoms with E-state index in [4.69, 9.17) is 15.3 Å². The average molecular weight is 121 g/mol. The van der Waals surface area contributed by atoms with E-state index >= 15 is 0 Å². The molecule has 0 amide bonds. The lowest BCUT2D eigenvalue weighted by Gasteiger charge is -1.68. The van der Waals surface area contributed by atoms with Crippen molar-refractivity contribution < 1.29 is 10.3 Å². The van der Waals surface area contributed by atoms with Crippen molar-refractivity contribution >= 4 is 0 Å². The fourth-order valence-electron chi connectivity index (χ4n) is 0. The predicted molar refractivity (Wildman–Crippen MR) is 29.4 cm³/mol. The molecule has 0 saturated carbocycles. The lowest BCUT2D eigenvalue weighted by Crippen LogP contribution is -1.81. The van der Waals surface area contributed by atoms with Gasteiger partial charge in [-0.05, 0) is 0 Å². The van der Waals surface area contributed by atoms with Gasteiger partial charge in [-0.2, -0.15) is 0 Å². The minimum atomic E-state index is -1.50. The molecule has 0 heterocycles. The molecule has 0 aromatic heterocycles. The van der Waals surface area contributed by atoms with Crippen molar-refractivity contribution in [2.75, 3.05) is 0 Å². The Bertz CT molecular complexity index is 49.2. The number of unbranched alkanes of at least 4 members (excludes halogenated alkanes) is 1. The summed E-state index contributed by atoms with van der Waals surface area (Å²) in [6.45, 7) is 4.36. The van der Waals surface area contributed by atoms with Crippen LogP contribution in [0.4, 0.5) is 0 Å². The summed E-state index contributed by atoms with van der Waals surface area (Å²) in [7, 11) is 0. The minimum Gasteiger partial charge on any atom is -0.328 e. The number of hydrogen-bond donors (Lipinski definition) is 1. The van der Waals surface area contributed by atoms with E-state index in [-0.39, 0.29) is 0 Å². The molecule has 0 aliphatic rings. The summed E-state index contributed by atoms with van der Waals surface area (Å²) >= 11 is 0. The molecular formula is C4H11NO3. The van der Waals surface area contributed by atoms with Gasteiger partial charge in [-0.15, -0.1) is 10.1 Å². The molecular weight excluding hydrogens is 110 g/mol. The Morgan fingerprint density at radius 1 is 1.50 bits per heavy atom. The first kappa shape index (κ1) is 10.2. The highest BCUT2D eigenvalue weighted by atomic mass is 16.9. The molecule has 0 atom stereocenters. The van der Waals surface area contributed by atoms with Gasteiger partial charge < -0.3 is 5.21 Å². The van der Waals surface area contributed by atoms with E-state index in [2.05, 4.69) is 13.8 Å². The molecule has 4 nitrogen and oxygen atoms in total. The van der Waals surface area contributed by atoms with Crippen LogP contribution in [0.1, 0.15) is 26.7 Å². The molecule has 4 heteroatoms. The Balaban J connectivity index is 0. The molecule has 0 aliphatic heterocycles. The van der Waals surface area contributed by atoms with Crippen LogP contribution in [0.5, 0.6) is 0 Å². The number of nitrogens with zero attached hydrogens (tertiary/aromatic N) is 1. The molecule has 0 radical (unpaired) electrons. The lowest BCUT2D eigenvalue weighted by molar-refractivity contribution is -0.742. The Labute approximate surface area is 48.2 Å². The maximum absolute atomic E-state index is 8.36. The standard InChI is InChI=1S/C4H10.HNO3/c1-3-4-2;2-1(3)4/h3-4H2,1-2H3;(H,2,3,4). The molecule has 50 valence electrons. The van der Waals surface area contributed by atoms with E-state index in [0.29, 0.717) is 0 Å². The van der Waals surface area contributed by atoms with E-state index in [9.17, 15) is 0 Å². The van der Waals surface area contributed by atoms with Crippen LogP contribution in [0.15, 0.2) is 0 Å². The lowest BCUT2D eigenvalue weighted by atomic mass is 10.4. The van der Waals surface area contributed by atoms with E-state index in [1.807, 2.05) is 0 Å². The first-order chi connectivity index (χ1) is 3.65. The Morgan fingerprint density at radius 2 is 1.62 bits per heavy atom. The fourth-order valence-corrected chi connectivity index (χ4v) is 0. The molecule has 0 saturated heterocycles. The maximum atomic E-state index is 8.36. The summed E-state index contributed by atoms with van der Waals surface area (Å²) in [4.78, 5) is 8.36. The first-order valence-corrected chi connectivity index (χ1v) is 2.48. The molecule has 0 rings (SSSR count). The van der Waals surface area contributed by atoms with E-state index in [0.717, 1.165) is 0 Å². The van der Waals surface area contributed by atoms with Gasteiger partial charge in [0.15, 0.2) is 0 Å². The molecule has 0 unspecified atom stereocenters. The molecule has 0 aliphatic carbocycles. The van der Waals surface area contributed by atoms with Gasteiger partial charge in [0.05, 0.1) is 0 Å². The van der Waals surface area contributed by atoms with E-state index in [1.165, 1.54) is 12.8 Å². The third-order valence-corrected chi connectivity index (χ3v) is 0.500. The smallest absolute Gasteiger partial charge is 0.291 e. The number of rotatable bonds is 1. The van der Waals surface area contributed by atoms with Crippen LogP contribution in [0.25, 0.3) is 0 Å². The Hall–Kier alpha value is -0.800. The normalized spacial score (nSPS) is 6.75. The van der Waals surface area contributed by atoms with Gasteiger partial charge in [-0.25, -0.2) is 0 Å². The highest BCUT2D eigenvalue weighted by Gasteiger charge is 1.65. The van der Waals surface area contributed by atoms with Gasteiger partial charge in [0.1, 0.15) is 0 Å². The second-order valence-electron chi connectivity index (χ2n) is 1.24. The molecule has 0 aromatic carbocycles. The molecule has 0 spiro atoms. The second kappa shape index (κ2) is 9.50. The van der Waals surface area contributed by atoms with Crippen molar-refractivity contribution in [3.05, 3.63) is 10.1 Å². The van der Waals surface area contributed by atoms with Crippen LogP contribution in [0.2, 0.25) is 0 Å². The highest BCUT2D eigenvalue weighted by molar-refractivity contribution is 4.12. The fraction of sp³-hybridized carbons (Fsp3) is 1.00. The van der Waals surface area contributed by atoms with Gasteiger partial charge in [-0.1, -0.05) is 26.7 Å². The zero-order valence-electron chi connectivity index (χ0n) is 5.13. The molecule has 8 heavy (non-hydrogen) atoms. The van der Waals surface area contributed by atoms with Gasteiger partial charge in [0.25, 0.3) is 5.09 Å². The van der Waals surface area contributed by atoms with E-state index in [1.54, 1.807) is 0 Å². The van der Waals surface area contributed by atoms with Gasteiger partial charge >= 0.3 is 0 Å². The second-order valence-corrected chi connectivity index (χ2v) is 1.24. The van der Waals surface area contributed by atoms with Crippen molar-refractivity contribution in [2.45, 2.75) is 26.7 Å². The molecule has 0 bridgehead atoms. The monoisotopic (exact) mass is 121 g/mol. The Morgan fingerprint density at radius 3 is 1.62 bits per heavy atom. The summed E-state index contributed by atoms with van der Waals surface area (Å²) < 4.78 is 0. The third kappa shape index (κ3) is 2290. The van der Waals surface area contributed by atoms with Gasteiger partial charge in [0, 0.05) is 0 Å². The van der Waals surface area contributed by atoms with E-state index < -0.39 is 5.09 Å². The van der Waals surface area contributed by atoms with Crippen molar-refractivity contribution in [3.63, 3.8) is 0 Å². The van der Waals surface area contributed by atoms with Gasteiger partial charge in [-0.3, -0.25) is 0 Å². The van der Waals surface area contributed by atoms with Crippen LogP contribution < -0.4 is 0 Å². The number of hydrogen-bond acceptors (Lipinski definition) is 2. The summed E-state index contributed by atoms with van der Waals surface area (Å²) in [5.41, 5.74) is 0. The zero-order valence-corrected chi connectivity index (χ0v) is 5.13. The van der Waals surface area contributed by atoms with Crippen molar-refractivity contribution in [1.82, 2.24) is 0 Å². The minimum absolute atomic E-state index is 1.32. The third-order valence-electron chi connectivity index (χ3n) is 0.500. The van der Waals surface area contributed by atoms with Crippen LogP contribution >= 0.6 is 0 Å². The Kier molecular flexibility index (Phi) is 12.2. The van der Waals surface area contributed by atoms with Crippen LogP contribution in [0.3, 0.4) is 0 Å². The van der Waals surface area contributed by atoms with Crippen LogP contribution in [-0.2, 0) is 0 Å². The van der Waals surface area contributed by atoms with Crippen LogP contribution in [-0.4, -0.2) is 10.3 Å². The van der Waals surface area contributed by atoms with Crippen molar-refractivity contribution in [3.8, 4) is 0 Å². The summed E-state index contributed by atoms with van der Waals surface area (Å²) in [5, 5.41) is 13.6. The van der Waals surface area contributed by atoms with Crippen molar-refractivity contribution in [2.24, 2.45) is 0 Å².